The quantitative estimate of drug-likeness (QED) is 0.324. The van der Waals surface area contributed by atoms with Crippen molar-refractivity contribution in [1.29, 1.82) is 0 Å². The number of hydrogen-bond acceptors (Lipinski definition) is 8. The largest absolute Gasteiger partial charge is 0.378 e. The molecule has 0 aliphatic carbocycles. The number of fused-ring (bicyclic) bond motifs is 2. The number of nitrogens with zero attached hydrogens (tertiary/aromatic N) is 4. The SMILES string of the molecule is C=C(C[C@@H](C(=O)N1CCOCC1)N1C(=O)c2ccccc2C1=O)[C@H](C)[C@H](C(=O)N1CCOCC1)N1C(=O)c2ccccc2C1=O. The molecule has 2 aromatic carbocycles. The van der Waals surface area contributed by atoms with Crippen molar-refractivity contribution in [3.8, 4) is 0 Å². The van der Waals surface area contributed by atoms with E-state index in [-0.39, 0.29) is 54.9 Å². The predicted octanol–water partition coefficient (Wildman–Crippen LogP) is 1.62. The van der Waals surface area contributed by atoms with Gasteiger partial charge in [-0.3, -0.25) is 38.6 Å². The molecule has 0 N–H and O–H groups in total. The minimum absolute atomic E-state index is 0.168. The molecule has 0 spiro atoms. The zero-order valence-corrected chi connectivity index (χ0v) is 25.0. The second kappa shape index (κ2) is 12.4. The lowest BCUT2D eigenvalue weighted by atomic mass is 9.87. The molecule has 6 rings (SSSR count). The topological polar surface area (TPSA) is 134 Å². The molecule has 0 bridgehead atoms. The summed E-state index contributed by atoms with van der Waals surface area (Å²) in [5.41, 5.74) is 1.14. The maximum atomic E-state index is 14.1. The number of hydrogen-bond donors (Lipinski definition) is 0. The van der Waals surface area contributed by atoms with Crippen LogP contribution in [0.3, 0.4) is 0 Å². The lowest BCUT2D eigenvalue weighted by Crippen LogP contribution is -2.57. The summed E-state index contributed by atoms with van der Waals surface area (Å²) in [6, 6.07) is 10.3. The van der Waals surface area contributed by atoms with Crippen molar-refractivity contribution < 1.29 is 38.2 Å². The van der Waals surface area contributed by atoms with Gasteiger partial charge in [-0.2, -0.15) is 0 Å². The van der Waals surface area contributed by atoms with Crippen LogP contribution >= 0.6 is 0 Å². The summed E-state index contributed by atoms with van der Waals surface area (Å²) >= 11 is 0. The maximum absolute atomic E-state index is 14.1. The monoisotopic (exact) mass is 614 g/mol. The van der Waals surface area contributed by atoms with E-state index in [4.69, 9.17) is 9.47 Å². The number of carbonyl (C=O) groups is 6. The van der Waals surface area contributed by atoms with E-state index >= 15 is 0 Å². The molecule has 2 aromatic rings. The summed E-state index contributed by atoms with van der Waals surface area (Å²) < 4.78 is 10.8. The zero-order chi connectivity index (χ0) is 31.8. The highest BCUT2D eigenvalue weighted by Crippen LogP contribution is 2.34. The minimum atomic E-state index is -1.27. The lowest BCUT2D eigenvalue weighted by molar-refractivity contribution is -0.140. The molecular formula is C33H34N4O8. The van der Waals surface area contributed by atoms with E-state index in [2.05, 4.69) is 6.58 Å². The molecule has 6 amide bonds. The van der Waals surface area contributed by atoms with Crippen molar-refractivity contribution >= 4 is 35.4 Å². The Morgan fingerprint density at radius 3 is 1.47 bits per heavy atom. The fourth-order valence-corrected chi connectivity index (χ4v) is 6.41. The van der Waals surface area contributed by atoms with Crippen LogP contribution in [0.5, 0.6) is 0 Å². The number of carbonyl (C=O) groups excluding carboxylic acids is 6. The minimum Gasteiger partial charge on any atom is -0.378 e. The molecule has 2 saturated heterocycles. The second-order valence-corrected chi connectivity index (χ2v) is 11.5. The Kier molecular flexibility index (Phi) is 8.34. The highest BCUT2D eigenvalue weighted by Gasteiger charge is 2.49. The average molecular weight is 615 g/mol. The molecule has 234 valence electrons. The van der Waals surface area contributed by atoms with Gasteiger partial charge in [-0.05, 0) is 30.7 Å². The van der Waals surface area contributed by atoms with Gasteiger partial charge in [-0.25, -0.2) is 0 Å². The molecule has 0 saturated carbocycles. The van der Waals surface area contributed by atoms with Gasteiger partial charge in [0, 0.05) is 32.1 Å². The Morgan fingerprint density at radius 2 is 1.04 bits per heavy atom. The van der Waals surface area contributed by atoms with Crippen molar-refractivity contribution in [1.82, 2.24) is 19.6 Å². The van der Waals surface area contributed by atoms with Crippen molar-refractivity contribution in [3.05, 3.63) is 82.9 Å². The van der Waals surface area contributed by atoms with Gasteiger partial charge < -0.3 is 19.3 Å². The second-order valence-electron chi connectivity index (χ2n) is 11.5. The summed E-state index contributed by atoms with van der Waals surface area (Å²) in [4.78, 5) is 87.6. The molecular weight excluding hydrogens is 580 g/mol. The first kappa shape index (κ1) is 30.4. The van der Waals surface area contributed by atoms with E-state index in [0.717, 1.165) is 9.80 Å². The molecule has 4 heterocycles. The normalized spacial score (nSPS) is 20.2. The Hall–Kier alpha value is -4.68. The summed E-state index contributed by atoms with van der Waals surface area (Å²) in [5.74, 6) is -4.10. The van der Waals surface area contributed by atoms with E-state index in [1.165, 1.54) is 0 Å². The number of amides is 6. The summed E-state index contributed by atoms with van der Waals surface area (Å²) in [6.07, 6.45) is -0.168. The Balaban J connectivity index is 1.34. The highest BCUT2D eigenvalue weighted by atomic mass is 16.5. The first-order valence-electron chi connectivity index (χ1n) is 15.0. The molecule has 0 aromatic heterocycles. The Bertz CT molecular complexity index is 1520. The Morgan fingerprint density at radius 1 is 0.667 bits per heavy atom. The van der Waals surface area contributed by atoms with Gasteiger partial charge in [0.25, 0.3) is 23.6 Å². The summed E-state index contributed by atoms with van der Waals surface area (Å²) in [5, 5.41) is 0. The van der Waals surface area contributed by atoms with Crippen LogP contribution in [0.2, 0.25) is 0 Å². The first-order chi connectivity index (χ1) is 21.7. The van der Waals surface area contributed by atoms with Gasteiger partial charge >= 0.3 is 0 Å². The zero-order valence-electron chi connectivity index (χ0n) is 25.0. The van der Waals surface area contributed by atoms with E-state index in [1.54, 1.807) is 65.3 Å². The molecule has 12 nitrogen and oxygen atoms in total. The van der Waals surface area contributed by atoms with Gasteiger partial charge in [0.15, 0.2) is 0 Å². The predicted molar refractivity (Wildman–Crippen MR) is 159 cm³/mol. The maximum Gasteiger partial charge on any atom is 0.262 e. The van der Waals surface area contributed by atoms with Crippen molar-refractivity contribution in [2.75, 3.05) is 52.6 Å². The molecule has 4 aliphatic rings. The van der Waals surface area contributed by atoms with Gasteiger partial charge in [0.2, 0.25) is 11.8 Å². The molecule has 3 atom stereocenters. The van der Waals surface area contributed by atoms with Crippen LogP contribution in [-0.2, 0) is 19.1 Å². The van der Waals surface area contributed by atoms with Crippen LogP contribution < -0.4 is 0 Å². The van der Waals surface area contributed by atoms with Gasteiger partial charge in [-0.15, -0.1) is 0 Å². The number of imide groups is 2. The lowest BCUT2D eigenvalue weighted by Gasteiger charge is -2.38. The smallest absolute Gasteiger partial charge is 0.262 e. The molecule has 12 heteroatoms. The highest BCUT2D eigenvalue weighted by molar-refractivity contribution is 6.23. The number of rotatable bonds is 8. The molecule has 45 heavy (non-hydrogen) atoms. The fraction of sp³-hybridized carbons (Fsp3) is 0.394. The molecule has 4 aliphatic heterocycles. The van der Waals surface area contributed by atoms with E-state index in [0.29, 0.717) is 32.0 Å². The van der Waals surface area contributed by atoms with Gasteiger partial charge in [0.1, 0.15) is 12.1 Å². The molecule has 2 fully saturated rings. The average Bonchev–Trinajstić information content (AvgIpc) is 3.48. The van der Waals surface area contributed by atoms with Gasteiger partial charge in [-0.1, -0.05) is 43.3 Å². The van der Waals surface area contributed by atoms with Crippen molar-refractivity contribution in [3.63, 3.8) is 0 Å². The van der Waals surface area contributed by atoms with Crippen LogP contribution in [0, 0.1) is 5.92 Å². The first-order valence-corrected chi connectivity index (χ1v) is 15.0. The fourth-order valence-electron chi connectivity index (χ4n) is 6.41. The van der Waals surface area contributed by atoms with Crippen LogP contribution in [0.15, 0.2) is 60.7 Å². The molecule has 0 radical (unpaired) electrons. The summed E-state index contributed by atoms with van der Waals surface area (Å²) in [7, 11) is 0. The third-order valence-electron chi connectivity index (χ3n) is 9.00. The van der Waals surface area contributed by atoms with E-state index in [9.17, 15) is 28.8 Å². The standard InChI is InChI=1S/C33H34N4O8/c1-20(19-26(32(42)34-11-15-44-16-12-34)36-28(38)22-7-3-4-8-23(22)29(36)39)21(2)27(33(43)35-13-17-45-18-14-35)37-30(40)24-9-5-6-10-25(24)31(37)41/h3-10,21,26-27H,1,11-19H2,2H3/t21-,26-,27+/m0/s1. The van der Waals surface area contributed by atoms with E-state index in [1.807, 2.05) is 0 Å². The summed E-state index contributed by atoms with van der Waals surface area (Å²) in [6.45, 7) is 8.28. The van der Waals surface area contributed by atoms with Crippen LogP contribution in [0.4, 0.5) is 0 Å². The number of benzene rings is 2. The Labute approximate surface area is 260 Å². The van der Waals surface area contributed by atoms with Crippen LogP contribution in [-0.4, -0.2) is 120 Å². The van der Waals surface area contributed by atoms with Crippen LogP contribution in [0.1, 0.15) is 54.8 Å². The molecule has 0 unspecified atom stereocenters. The third-order valence-corrected chi connectivity index (χ3v) is 9.00. The van der Waals surface area contributed by atoms with E-state index < -0.39 is 53.4 Å². The van der Waals surface area contributed by atoms with Crippen molar-refractivity contribution in [2.45, 2.75) is 25.4 Å². The van der Waals surface area contributed by atoms with Crippen LogP contribution in [0.25, 0.3) is 0 Å². The van der Waals surface area contributed by atoms with Gasteiger partial charge in [0.05, 0.1) is 48.7 Å². The van der Waals surface area contributed by atoms with Crippen molar-refractivity contribution in [2.24, 2.45) is 5.92 Å². The third kappa shape index (κ3) is 5.33. The number of ether oxygens (including phenoxy) is 2. The number of morpholine rings is 2.